The van der Waals surface area contributed by atoms with E-state index in [1.54, 1.807) is 36.5 Å². The molecule has 1 aromatic carbocycles. The van der Waals surface area contributed by atoms with Gasteiger partial charge in [-0.05, 0) is 24.3 Å². The van der Waals surface area contributed by atoms with Gasteiger partial charge in [0.25, 0.3) is 0 Å². The van der Waals surface area contributed by atoms with Crippen molar-refractivity contribution in [3.05, 3.63) is 36.5 Å². The van der Waals surface area contributed by atoms with Crippen LogP contribution in [0.15, 0.2) is 41.4 Å². The molecule has 0 radical (unpaired) electrons. The number of hydrogen-bond acceptors (Lipinski definition) is 4. The fourth-order valence-corrected chi connectivity index (χ4v) is 3.42. The minimum Gasteiger partial charge on any atom is -0.383 e. The molecule has 1 unspecified atom stereocenters. The third kappa shape index (κ3) is 3.46. The summed E-state index contributed by atoms with van der Waals surface area (Å²) in [7, 11) is -2.12. The van der Waals surface area contributed by atoms with Crippen molar-refractivity contribution in [3.63, 3.8) is 0 Å². The number of benzene rings is 1. The van der Waals surface area contributed by atoms with Crippen LogP contribution in [0.4, 0.5) is 0 Å². The van der Waals surface area contributed by atoms with Crippen LogP contribution < -0.4 is 4.72 Å². The number of rotatable bonds is 6. The summed E-state index contributed by atoms with van der Waals surface area (Å²) in [6, 6.07) is 8.41. The van der Waals surface area contributed by atoms with E-state index in [2.05, 4.69) is 9.71 Å². The molecule has 2 aromatic rings. The standard InChI is InChI=1S/C13H15ClN2O3S/c1-19-9-10(14)8-16-20(17,18)13-6-2-5-12-11(13)4-3-7-15-12/h2-7,10,16H,8-9H2,1H3. The van der Waals surface area contributed by atoms with Gasteiger partial charge in [0.1, 0.15) is 0 Å². The van der Waals surface area contributed by atoms with Gasteiger partial charge in [0.2, 0.25) is 10.0 Å². The quantitative estimate of drug-likeness (QED) is 0.825. The highest BCUT2D eigenvalue weighted by atomic mass is 35.5. The molecule has 0 aliphatic heterocycles. The van der Waals surface area contributed by atoms with Gasteiger partial charge in [-0.25, -0.2) is 13.1 Å². The molecule has 1 N–H and O–H groups in total. The normalized spacial score (nSPS) is 13.5. The lowest BCUT2D eigenvalue weighted by molar-refractivity contribution is 0.198. The van der Waals surface area contributed by atoms with Crippen LogP contribution in [-0.2, 0) is 14.8 Å². The molecular weight excluding hydrogens is 300 g/mol. The average molecular weight is 315 g/mol. The number of fused-ring (bicyclic) bond motifs is 1. The van der Waals surface area contributed by atoms with Crippen LogP contribution in [0, 0.1) is 0 Å². The van der Waals surface area contributed by atoms with Crippen LogP contribution in [0.3, 0.4) is 0 Å². The first-order valence-electron chi connectivity index (χ1n) is 6.01. The number of hydrogen-bond donors (Lipinski definition) is 1. The van der Waals surface area contributed by atoms with Crippen LogP contribution in [-0.4, -0.2) is 39.0 Å². The van der Waals surface area contributed by atoms with Crippen molar-refractivity contribution in [2.75, 3.05) is 20.3 Å². The molecule has 1 aromatic heterocycles. The van der Waals surface area contributed by atoms with E-state index < -0.39 is 15.4 Å². The Labute approximate surface area is 123 Å². The van der Waals surface area contributed by atoms with E-state index in [1.165, 1.54) is 7.11 Å². The Morgan fingerprint density at radius 3 is 2.90 bits per heavy atom. The fourth-order valence-electron chi connectivity index (χ4n) is 1.83. The molecular formula is C13H15ClN2O3S. The SMILES string of the molecule is COCC(Cl)CNS(=O)(=O)c1cccc2ncccc12. The number of aromatic nitrogens is 1. The van der Waals surface area contributed by atoms with Gasteiger partial charge in [0, 0.05) is 25.2 Å². The summed E-state index contributed by atoms with van der Waals surface area (Å²) in [6.07, 6.45) is 1.62. The Morgan fingerprint density at radius 1 is 1.35 bits per heavy atom. The smallest absolute Gasteiger partial charge is 0.241 e. The maximum Gasteiger partial charge on any atom is 0.241 e. The molecule has 0 amide bonds. The maximum absolute atomic E-state index is 12.3. The molecule has 1 atom stereocenters. The molecule has 0 fully saturated rings. The Kier molecular flexibility index (Phi) is 4.93. The third-order valence-electron chi connectivity index (χ3n) is 2.74. The minimum absolute atomic E-state index is 0.106. The zero-order valence-corrected chi connectivity index (χ0v) is 12.5. The number of nitrogens with zero attached hydrogens (tertiary/aromatic N) is 1. The van der Waals surface area contributed by atoms with Gasteiger partial charge in [0.05, 0.1) is 22.4 Å². The predicted octanol–water partition coefficient (Wildman–Crippen LogP) is 1.77. The highest BCUT2D eigenvalue weighted by molar-refractivity contribution is 7.89. The van der Waals surface area contributed by atoms with E-state index >= 15 is 0 Å². The topological polar surface area (TPSA) is 68.3 Å². The second-order valence-electron chi connectivity index (χ2n) is 4.23. The number of pyridine rings is 1. The van der Waals surface area contributed by atoms with E-state index in [4.69, 9.17) is 16.3 Å². The maximum atomic E-state index is 12.3. The van der Waals surface area contributed by atoms with Gasteiger partial charge < -0.3 is 4.74 Å². The largest absolute Gasteiger partial charge is 0.383 e. The predicted molar refractivity (Wildman–Crippen MR) is 78.4 cm³/mol. The second kappa shape index (κ2) is 6.49. The molecule has 0 saturated heterocycles. The van der Waals surface area contributed by atoms with Crippen LogP contribution in [0.2, 0.25) is 0 Å². The minimum atomic E-state index is -3.63. The van der Waals surface area contributed by atoms with Crippen molar-refractivity contribution >= 4 is 32.5 Å². The molecule has 108 valence electrons. The van der Waals surface area contributed by atoms with Crippen LogP contribution in [0.25, 0.3) is 10.9 Å². The summed E-state index contributed by atoms with van der Waals surface area (Å²) in [5, 5.41) is 0.170. The van der Waals surface area contributed by atoms with Crippen molar-refractivity contribution in [2.24, 2.45) is 0 Å². The van der Waals surface area contributed by atoms with Gasteiger partial charge in [0.15, 0.2) is 0 Å². The van der Waals surface area contributed by atoms with Gasteiger partial charge in [-0.2, -0.15) is 0 Å². The Morgan fingerprint density at radius 2 is 2.15 bits per heavy atom. The summed E-state index contributed by atoms with van der Waals surface area (Å²) in [5.41, 5.74) is 0.634. The first kappa shape index (κ1) is 15.2. The van der Waals surface area contributed by atoms with Crippen LogP contribution in [0.1, 0.15) is 0 Å². The summed E-state index contributed by atoms with van der Waals surface area (Å²) in [5.74, 6) is 0. The third-order valence-corrected chi connectivity index (χ3v) is 4.50. The molecule has 0 bridgehead atoms. The van der Waals surface area contributed by atoms with Gasteiger partial charge in [-0.15, -0.1) is 11.6 Å². The summed E-state index contributed by atoms with van der Waals surface area (Å²) >= 11 is 5.93. The molecule has 0 aliphatic rings. The van der Waals surface area contributed by atoms with Crippen LogP contribution >= 0.6 is 11.6 Å². The molecule has 2 rings (SSSR count). The average Bonchev–Trinajstić information content (AvgIpc) is 2.45. The number of methoxy groups -OCH3 is 1. The Balaban J connectivity index is 2.28. The number of sulfonamides is 1. The highest BCUT2D eigenvalue weighted by Gasteiger charge is 2.18. The molecule has 5 nitrogen and oxygen atoms in total. The highest BCUT2D eigenvalue weighted by Crippen LogP contribution is 2.20. The van der Waals surface area contributed by atoms with E-state index in [0.717, 1.165) is 0 Å². The summed E-state index contributed by atoms with van der Waals surface area (Å²) in [4.78, 5) is 4.34. The molecule has 0 aliphatic carbocycles. The van der Waals surface area contributed by atoms with Crippen molar-refractivity contribution in [1.82, 2.24) is 9.71 Å². The zero-order chi connectivity index (χ0) is 14.6. The molecule has 0 spiro atoms. The lowest BCUT2D eigenvalue weighted by atomic mass is 10.2. The van der Waals surface area contributed by atoms with Crippen molar-refractivity contribution in [1.29, 1.82) is 0 Å². The molecule has 7 heteroatoms. The summed E-state index contributed by atoms with van der Waals surface area (Å²) in [6.45, 7) is 0.384. The van der Waals surface area contributed by atoms with Crippen molar-refractivity contribution in [2.45, 2.75) is 10.3 Å². The Hall–Kier alpha value is -1.21. The number of ether oxygens (including phenoxy) is 1. The number of nitrogens with one attached hydrogen (secondary N) is 1. The second-order valence-corrected chi connectivity index (χ2v) is 6.58. The van der Waals surface area contributed by atoms with E-state index in [9.17, 15) is 8.42 Å². The molecule has 1 heterocycles. The lowest BCUT2D eigenvalue weighted by Gasteiger charge is -2.12. The lowest BCUT2D eigenvalue weighted by Crippen LogP contribution is -2.31. The molecule has 0 saturated carbocycles. The summed E-state index contributed by atoms with van der Waals surface area (Å²) < 4.78 is 32.0. The first-order chi connectivity index (χ1) is 9.54. The van der Waals surface area contributed by atoms with Crippen molar-refractivity contribution in [3.8, 4) is 0 Å². The monoisotopic (exact) mass is 314 g/mol. The number of alkyl halides is 1. The Bertz CT molecular complexity index is 686. The van der Waals surface area contributed by atoms with Crippen LogP contribution in [0.5, 0.6) is 0 Å². The van der Waals surface area contributed by atoms with Gasteiger partial charge >= 0.3 is 0 Å². The molecule has 20 heavy (non-hydrogen) atoms. The fraction of sp³-hybridized carbons (Fsp3) is 0.308. The van der Waals surface area contributed by atoms with E-state index in [-0.39, 0.29) is 18.0 Å². The van der Waals surface area contributed by atoms with Gasteiger partial charge in [-0.1, -0.05) is 6.07 Å². The number of halogens is 1. The van der Waals surface area contributed by atoms with E-state index in [1.807, 2.05) is 0 Å². The first-order valence-corrected chi connectivity index (χ1v) is 7.93. The van der Waals surface area contributed by atoms with Gasteiger partial charge in [-0.3, -0.25) is 4.98 Å². The van der Waals surface area contributed by atoms with Crippen molar-refractivity contribution < 1.29 is 13.2 Å². The zero-order valence-electron chi connectivity index (χ0n) is 10.9. The van der Waals surface area contributed by atoms with E-state index in [0.29, 0.717) is 10.9 Å².